The van der Waals surface area contributed by atoms with Gasteiger partial charge in [-0.1, -0.05) is 44.8 Å². The Morgan fingerprint density at radius 1 is 1.26 bits per heavy atom. The molecule has 4 nitrogen and oxygen atoms in total. The van der Waals surface area contributed by atoms with Crippen molar-refractivity contribution in [1.82, 2.24) is 4.90 Å². The molecule has 110 valence electrons. The summed E-state index contributed by atoms with van der Waals surface area (Å²) in [5.41, 5.74) is 5.25. The van der Waals surface area contributed by atoms with Gasteiger partial charge < -0.3 is 15.7 Å². The van der Waals surface area contributed by atoms with E-state index < -0.39 is 5.41 Å². The van der Waals surface area contributed by atoms with Crippen molar-refractivity contribution in [3.8, 4) is 0 Å². The van der Waals surface area contributed by atoms with Crippen LogP contribution in [0.15, 0.2) is 0 Å². The summed E-state index contributed by atoms with van der Waals surface area (Å²) in [4.78, 5) is 14.9. The highest BCUT2D eigenvalue weighted by atomic mass is 32.1. The molecule has 0 aromatic heterocycles. The maximum absolute atomic E-state index is 12.8. The van der Waals surface area contributed by atoms with Crippen LogP contribution >= 0.6 is 12.2 Å². The van der Waals surface area contributed by atoms with Crippen molar-refractivity contribution in [3.63, 3.8) is 0 Å². The fraction of sp³-hybridized carbons (Fsp3) is 0.857. The van der Waals surface area contributed by atoms with Crippen LogP contribution in [0.4, 0.5) is 0 Å². The van der Waals surface area contributed by atoms with Crippen LogP contribution in [-0.4, -0.2) is 40.6 Å². The molecule has 0 unspecified atom stereocenters. The van der Waals surface area contributed by atoms with E-state index >= 15 is 0 Å². The lowest BCUT2D eigenvalue weighted by molar-refractivity contribution is -0.139. The molecule has 1 saturated carbocycles. The van der Waals surface area contributed by atoms with E-state index in [4.69, 9.17) is 23.1 Å². The first-order valence-corrected chi connectivity index (χ1v) is 7.69. The van der Waals surface area contributed by atoms with Crippen molar-refractivity contribution in [2.75, 3.05) is 19.7 Å². The zero-order valence-electron chi connectivity index (χ0n) is 11.9. The lowest BCUT2D eigenvalue weighted by atomic mass is 9.78. The molecule has 0 spiro atoms. The Kier molecular flexibility index (Phi) is 6.72. The van der Waals surface area contributed by atoms with Gasteiger partial charge in [0.05, 0.1) is 17.0 Å². The molecule has 1 aliphatic carbocycles. The number of carbonyl (C=O) groups excluding carboxylic acids is 1. The Bertz CT molecular complexity index is 307. The summed E-state index contributed by atoms with van der Waals surface area (Å²) in [6.45, 7) is 3.04. The first kappa shape index (κ1) is 16.4. The normalized spacial score (nSPS) is 18.6. The molecule has 3 N–H and O–H groups in total. The summed E-state index contributed by atoms with van der Waals surface area (Å²) >= 11 is 5.22. The van der Waals surface area contributed by atoms with E-state index in [1.807, 2.05) is 6.92 Å². The minimum absolute atomic E-state index is 0.0147. The Labute approximate surface area is 121 Å². The van der Waals surface area contributed by atoms with E-state index in [1.54, 1.807) is 4.90 Å². The van der Waals surface area contributed by atoms with Crippen molar-refractivity contribution < 1.29 is 9.90 Å². The highest BCUT2D eigenvalue weighted by molar-refractivity contribution is 7.80. The van der Waals surface area contributed by atoms with Crippen LogP contribution in [0.25, 0.3) is 0 Å². The second-order valence-electron chi connectivity index (χ2n) is 5.38. The monoisotopic (exact) mass is 286 g/mol. The second-order valence-corrected chi connectivity index (χ2v) is 5.82. The van der Waals surface area contributed by atoms with Crippen molar-refractivity contribution >= 4 is 23.1 Å². The van der Waals surface area contributed by atoms with Gasteiger partial charge in [0.15, 0.2) is 0 Å². The number of aliphatic hydroxyl groups excluding tert-OH is 1. The second kappa shape index (κ2) is 7.80. The van der Waals surface area contributed by atoms with E-state index in [0.29, 0.717) is 18.1 Å². The van der Waals surface area contributed by atoms with Gasteiger partial charge in [0, 0.05) is 13.1 Å². The van der Waals surface area contributed by atoms with Gasteiger partial charge in [0.1, 0.15) is 0 Å². The minimum atomic E-state index is -0.670. The number of hydrogen-bond acceptors (Lipinski definition) is 3. The number of aliphatic hydroxyl groups is 1. The van der Waals surface area contributed by atoms with E-state index in [-0.39, 0.29) is 12.5 Å². The van der Waals surface area contributed by atoms with Crippen LogP contribution < -0.4 is 5.73 Å². The molecule has 1 amide bonds. The molecule has 19 heavy (non-hydrogen) atoms. The highest BCUT2D eigenvalue weighted by Gasteiger charge is 2.43. The summed E-state index contributed by atoms with van der Waals surface area (Å²) < 4.78 is 0. The van der Waals surface area contributed by atoms with Gasteiger partial charge in [-0.15, -0.1) is 0 Å². The minimum Gasteiger partial charge on any atom is -0.395 e. The lowest BCUT2D eigenvalue weighted by Gasteiger charge is -2.35. The molecule has 1 aliphatic rings. The van der Waals surface area contributed by atoms with E-state index in [1.165, 1.54) is 0 Å². The summed E-state index contributed by atoms with van der Waals surface area (Å²) in [6, 6.07) is 0. The van der Waals surface area contributed by atoms with Crippen molar-refractivity contribution in [3.05, 3.63) is 0 Å². The number of amides is 1. The van der Waals surface area contributed by atoms with Crippen molar-refractivity contribution in [2.24, 2.45) is 11.1 Å². The summed E-state index contributed by atoms with van der Waals surface area (Å²) in [5, 5.41) is 9.13. The van der Waals surface area contributed by atoms with Crippen LogP contribution in [0.5, 0.6) is 0 Å². The zero-order valence-corrected chi connectivity index (χ0v) is 12.7. The molecule has 0 aromatic rings. The summed E-state index contributed by atoms with van der Waals surface area (Å²) in [6.07, 6.45) is 6.68. The molecule has 0 radical (unpaired) electrons. The number of nitrogens with two attached hydrogens (primary N) is 1. The summed E-state index contributed by atoms with van der Waals surface area (Å²) in [7, 11) is 0. The number of thiocarbonyl (C=S) groups is 1. The average Bonchev–Trinajstić information content (AvgIpc) is 2.64. The number of hydrogen-bond donors (Lipinski definition) is 2. The van der Waals surface area contributed by atoms with Crippen LogP contribution in [-0.2, 0) is 4.79 Å². The highest BCUT2D eigenvalue weighted by Crippen LogP contribution is 2.37. The van der Waals surface area contributed by atoms with Crippen molar-refractivity contribution in [1.29, 1.82) is 0 Å². The van der Waals surface area contributed by atoms with Crippen LogP contribution in [0.3, 0.4) is 0 Å². The topological polar surface area (TPSA) is 66.6 Å². The maximum atomic E-state index is 12.8. The van der Waals surface area contributed by atoms with Gasteiger partial charge in [-0.05, 0) is 19.3 Å². The molecule has 0 aromatic carbocycles. The Hall–Kier alpha value is -0.680. The number of nitrogens with zero attached hydrogens (tertiary/aromatic N) is 1. The average molecular weight is 286 g/mol. The third-order valence-electron chi connectivity index (χ3n) is 3.99. The molecule has 0 saturated heterocycles. The van der Waals surface area contributed by atoms with Gasteiger partial charge in [-0.25, -0.2) is 0 Å². The first-order chi connectivity index (χ1) is 9.08. The molecule has 0 atom stereocenters. The van der Waals surface area contributed by atoms with Crippen molar-refractivity contribution in [2.45, 2.75) is 51.9 Å². The molecule has 0 bridgehead atoms. The quantitative estimate of drug-likeness (QED) is 0.577. The van der Waals surface area contributed by atoms with Gasteiger partial charge in [-0.3, -0.25) is 4.79 Å². The largest absolute Gasteiger partial charge is 0.395 e. The van der Waals surface area contributed by atoms with Crippen LogP contribution in [0, 0.1) is 5.41 Å². The molecule has 0 heterocycles. The predicted molar refractivity (Wildman–Crippen MR) is 80.9 cm³/mol. The zero-order chi connectivity index (χ0) is 14.3. The number of carbonyl (C=O) groups is 1. The molecule has 5 heteroatoms. The predicted octanol–water partition coefficient (Wildman–Crippen LogP) is 1.84. The maximum Gasteiger partial charge on any atom is 0.235 e. The van der Waals surface area contributed by atoms with E-state index in [2.05, 4.69) is 0 Å². The smallest absolute Gasteiger partial charge is 0.235 e. The van der Waals surface area contributed by atoms with Gasteiger partial charge in [-0.2, -0.15) is 0 Å². The lowest BCUT2D eigenvalue weighted by Crippen LogP contribution is -2.51. The number of rotatable bonds is 6. The molecule has 1 fully saturated rings. The van der Waals surface area contributed by atoms with Gasteiger partial charge in [0.25, 0.3) is 0 Å². The summed E-state index contributed by atoms with van der Waals surface area (Å²) in [5.74, 6) is 0.0257. The van der Waals surface area contributed by atoms with Crippen LogP contribution in [0.1, 0.15) is 51.9 Å². The Balaban J connectivity index is 2.95. The standard InChI is InChI=1S/C14H26N2O2S/c1-2-9-16(10-11-17)13(18)14(12(15)19)7-5-3-4-6-8-14/h17H,2-11H2,1H3,(H2,15,19). The van der Waals surface area contributed by atoms with E-state index in [9.17, 15) is 4.79 Å². The van der Waals surface area contributed by atoms with Crippen LogP contribution in [0.2, 0.25) is 0 Å². The molecule has 1 rings (SSSR count). The molecule has 0 aliphatic heterocycles. The van der Waals surface area contributed by atoms with Gasteiger partial charge in [0.2, 0.25) is 5.91 Å². The Morgan fingerprint density at radius 2 is 1.84 bits per heavy atom. The SMILES string of the molecule is CCCN(CCO)C(=O)C1(C(N)=S)CCCCCC1. The third-order valence-corrected chi connectivity index (χ3v) is 4.38. The van der Waals surface area contributed by atoms with Gasteiger partial charge >= 0.3 is 0 Å². The van der Waals surface area contributed by atoms with E-state index in [0.717, 1.165) is 44.9 Å². The Morgan fingerprint density at radius 3 is 2.26 bits per heavy atom. The fourth-order valence-corrected chi connectivity index (χ4v) is 3.20. The first-order valence-electron chi connectivity index (χ1n) is 7.28. The molecular weight excluding hydrogens is 260 g/mol. The molecular formula is C14H26N2O2S. The third kappa shape index (κ3) is 3.89. The fourth-order valence-electron chi connectivity index (χ4n) is 2.91.